The van der Waals surface area contributed by atoms with Gasteiger partial charge in [0.1, 0.15) is 35.7 Å². The summed E-state index contributed by atoms with van der Waals surface area (Å²) in [5, 5.41) is 25.4. The second kappa shape index (κ2) is 12.5. The minimum absolute atomic E-state index is 0.0405. The molecule has 0 aliphatic heterocycles. The molecule has 4 N–H and O–H groups in total. The van der Waals surface area contributed by atoms with E-state index in [0.717, 1.165) is 0 Å². The van der Waals surface area contributed by atoms with Gasteiger partial charge in [-0.15, -0.1) is 0 Å². The molecule has 39 heavy (non-hydrogen) atoms. The van der Waals surface area contributed by atoms with Crippen molar-refractivity contribution in [1.29, 1.82) is 0 Å². The molecule has 1 aliphatic carbocycles. The van der Waals surface area contributed by atoms with Crippen LogP contribution in [0.4, 0.5) is 4.79 Å². The zero-order valence-electron chi connectivity index (χ0n) is 22.5. The summed E-state index contributed by atoms with van der Waals surface area (Å²) in [6, 6.07) is 9.53. The Bertz CT molecular complexity index is 1190. The fourth-order valence-electron chi connectivity index (χ4n) is 4.03. The van der Waals surface area contributed by atoms with Crippen molar-refractivity contribution in [3.05, 3.63) is 59.7 Å². The monoisotopic (exact) mass is 541 g/mol. The summed E-state index contributed by atoms with van der Waals surface area (Å²) in [4.78, 5) is 53.5. The lowest BCUT2D eigenvalue weighted by atomic mass is 9.99. The number of aromatic hydroxyl groups is 2. The Balaban J connectivity index is 2.00. The van der Waals surface area contributed by atoms with E-state index < -0.39 is 48.1 Å². The van der Waals surface area contributed by atoms with Gasteiger partial charge in [-0.2, -0.15) is 0 Å². The molecule has 0 bridgehead atoms. The molecule has 2 unspecified atom stereocenters. The zero-order chi connectivity index (χ0) is 28.7. The molecule has 3 rings (SSSR count). The van der Waals surface area contributed by atoms with Crippen molar-refractivity contribution in [2.45, 2.75) is 63.8 Å². The van der Waals surface area contributed by atoms with Gasteiger partial charge in [-0.05, 0) is 57.4 Å². The van der Waals surface area contributed by atoms with Crippen LogP contribution in [-0.2, 0) is 30.3 Å². The number of esters is 1. The third-order valence-corrected chi connectivity index (χ3v) is 5.95. The molecule has 0 aromatic heterocycles. The van der Waals surface area contributed by atoms with E-state index in [0.29, 0.717) is 18.4 Å². The van der Waals surface area contributed by atoms with Crippen LogP contribution in [0.1, 0.15) is 50.8 Å². The molecule has 0 heterocycles. The number of rotatable bonds is 10. The Morgan fingerprint density at radius 2 is 1.67 bits per heavy atom. The molecule has 0 spiro atoms. The van der Waals surface area contributed by atoms with E-state index in [1.807, 2.05) is 0 Å². The van der Waals surface area contributed by atoms with E-state index >= 15 is 0 Å². The number of amides is 3. The van der Waals surface area contributed by atoms with E-state index in [1.165, 1.54) is 36.3 Å². The van der Waals surface area contributed by atoms with Crippen molar-refractivity contribution in [3.8, 4) is 11.5 Å². The second-order valence-electron chi connectivity index (χ2n) is 10.3. The molecular weight excluding hydrogens is 506 g/mol. The largest absolute Gasteiger partial charge is 0.508 e. The molecule has 210 valence electrons. The van der Waals surface area contributed by atoms with Gasteiger partial charge in [0, 0.05) is 18.0 Å². The maximum absolute atomic E-state index is 14.2. The first-order valence-corrected chi connectivity index (χ1v) is 12.6. The third kappa shape index (κ3) is 8.36. The number of hydrogen-bond donors (Lipinski definition) is 4. The average Bonchev–Trinajstić information content (AvgIpc) is 3.70. The summed E-state index contributed by atoms with van der Waals surface area (Å²) in [5.74, 6) is -2.10. The highest BCUT2D eigenvalue weighted by atomic mass is 16.6. The Morgan fingerprint density at radius 3 is 2.23 bits per heavy atom. The summed E-state index contributed by atoms with van der Waals surface area (Å²) in [7, 11) is 1.19. The lowest BCUT2D eigenvalue weighted by Gasteiger charge is -2.35. The number of nitrogens with one attached hydrogen (secondary N) is 2. The van der Waals surface area contributed by atoms with Crippen molar-refractivity contribution in [1.82, 2.24) is 15.5 Å². The molecule has 0 saturated heterocycles. The van der Waals surface area contributed by atoms with Gasteiger partial charge in [-0.3, -0.25) is 14.4 Å². The molecule has 1 saturated carbocycles. The van der Waals surface area contributed by atoms with Crippen LogP contribution >= 0.6 is 0 Å². The van der Waals surface area contributed by atoms with Crippen molar-refractivity contribution < 1.29 is 38.9 Å². The van der Waals surface area contributed by atoms with Crippen molar-refractivity contribution in [2.24, 2.45) is 0 Å². The maximum Gasteiger partial charge on any atom is 0.408 e. The number of phenols is 2. The summed E-state index contributed by atoms with van der Waals surface area (Å²) in [6.07, 6.45) is 0.445. The van der Waals surface area contributed by atoms with Gasteiger partial charge < -0.3 is 35.2 Å². The predicted octanol–water partition coefficient (Wildman–Crippen LogP) is 2.56. The quantitative estimate of drug-likeness (QED) is 0.335. The SMILES string of the molecule is COC(=O)CNC(=O)C(c1ccccc1O)N(C(=O)C(Cc1ccc(O)cc1)NC(=O)OC(C)(C)C)C1CC1. The molecule has 11 heteroatoms. The molecule has 2 atom stereocenters. The van der Waals surface area contributed by atoms with E-state index in [9.17, 15) is 29.4 Å². The number of alkyl carbamates (subject to hydrolysis) is 1. The zero-order valence-corrected chi connectivity index (χ0v) is 22.5. The minimum atomic E-state index is -1.29. The van der Waals surface area contributed by atoms with Gasteiger partial charge in [-0.25, -0.2) is 4.79 Å². The molecule has 11 nitrogen and oxygen atoms in total. The molecule has 3 amide bonds. The smallest absolute Gasteiger partial charge is 0.408 e. The number of phenolic OH excluding ortho intramolecular Hbond substituents is 2. The number of nitrogens with zero attached hydrogens (tertiary/aromatic N) is 1. The number of hydrogen-bond acceptors (Lipinski definition) is 8. The Kier molecular flexibility index (Phi) is 9.39. The van der Waals surface area contributed by atoms with E-state index in [1.54, 1.807) is 45.0 Å². The van der Waals surface area contributed by atoms with Crippen LogP contribution in [0, 0.1) is 0 Å². The summed E-state index contributed by atoms with van der Waals surface area (Å²) >= 11 is 0. The van der Waals surface area contributed by atoms with Gasteiger partial charge in [-0.1, -0.05) is 30.3 Å². The number of ether oxygens (including phenoxy) is 2. The maximum atomic E-state index is 14.2. The van der Waals surface area contributed by atoms with Crippen LogP contribution in [-0.4, -0.2) is 70.3 Å². The minimum Gasteiger partial charge on any atom is -0.508 e. The molecule has 0 radical (unpaired) electrons. The number of methoxy groups -OCH3 is 1. The lowest BCUT2D eigenvalue weighted by Crippen LogP contribution is -2.54. The van der Waals surface area contributed by atoms with E-state index in [4.69, 9.17) is 4.74 Å². The van der Waals surface area contributed by atoms with E-state index in [-0.39, 0.29) is 29.5 Å². The summed E-state index contributed by atoms with van der Waals surface area (Å²) in [5.41, 5.74) is -0.00796. The summed E-state index contributed by atoms with van der Waals surface area (Å²) < 4.78 is 10.00. The third-order valence-electron chi connectivity index (χ3n) is 5.95. The summed E-state index contributed by atoms with van der Waals surface area (Å²) in [6.45, 7) is 4.65. The van der Waals surface area contributed by atoms with Crippen LogP contribution in [0.3, 0.4) is 0 Å². The van der Waals surface area contributed by atoms with Gasteiger partial charge in [0.25, 0.3) is 0 Å². The Labute approximate surface area is 227 Å². The molecule has 1 aliphatic rings. The fourth-order valence-corrected chi connectivity index (χ4v) is 4.03. The van der Waals surface area contributed by atoms with Crippen molar-refractivity contribution in [2.75, 3.05) is 13.7 Å². The fraction of sp³-hybridized carbons (Fsp3) is 0.429. The molecular formula is C28H35N3O8. The van der Waals surface area contributed by atoms with Crippen LogP contribution in [0.25, 0.3) is 0 Å². The predicted molar refractivity (Wildman–Crippen MR) is 141 cm³/mol. The van der Waals surface area contributed by atoms with Gasteiger partial charge >= 0.3 is 12.1 Å². The number of para-hydroxylation sites is 1. The lowest BCUT2D eigenvalue weighted by molar-refractivity contribution is -0.145. The Hall–Kier alpha value is -4.28. The molecule has 1 fully saturated rings. The highest BCUT2D eigenvalue weighted by Gasteiger charge is 2.45. The molecule has 2 aromatic carbocycles. The van der Waals surface area contributed by atoms with E-state index in [2.05, 4.69) is 15.4 Å². The first-order valence-electron chi connectivity index (χ1n) is 12.6. The Morgan fingerprint density at radius 1 is 1.03 bits per heavy atom. The van der Waals surface area contributed by atoms with Crippen LogP contribution in [0.15, 0.2) is 48.5 Å². The van der Waals surface area contributed by atoms with Crippen LogP contribution in [0.5, 0.6) is 11.5 Å². The van der Waals surface area contributed by atoms with Gasteiger partial charge in [0.15, 0.2) is 0 Å². The standard InChI is InChI=1S/C28H35N3O8/c1-28(2,3)39-27(37)30-21(15-17-9-13-19(32)14-10-17)26(36)31(18-11-12-18)24(20-7-5-6-8-22(20)33)25(35)29-16-23(34)38-4/h5-10,13-14,18,21,24,32-33H,11-12,15-16H2,1-4H3,(H,29,35)(H,30,37). The van der Waals surface area contributed by atoms with Crippen molar-refractivity contribution in [3.63, 3.8) is 0 Å². The highest BCUT2D eigenvalue weighted by Crippen LogP contribution is 2.38. The number of carbonyl (C=O) groups is 4. The number of benzene rings is 2. The van der Waals surface area contributed by atoms with Crippen LogP contribution < -0.4 is 10.6 Å². The van der Waals surface area contributed by atoms with Crippen LogP contribution in [0.2, 0.25) is 0 Å². The van der Waals surface area contributed by atoms with Gasteiger partial charge in [0.05, 0.1) is 7.11 Å². The first-order chi connectivity index (χ1) is 18.4. The number of carbonyl (C=O) groups excluding carboxylic acids is 4. The average molecular weight is 542 g/mol. The second-order valence-corrected chi connectivity index (χ2v) is 10.3. The van der Waals surface area contributed by atoms with Gasteiger partial charge in [0.2, 0.25) is 11.8 Å². The topological polar surface area (TPSA) is 154 Å². The normalized spacial score (nSPS) is 14.5. The molecule has 2 aromatic rings. The first kappa shape index (κ1) is 29.3. The van der Waals surface area contributed by atoms with Crippen molar-refractivity contribution >= 4 is 23.9 Å². The highest BCUT2D eigenvalue weighted by molar-refractivity contribution is 5.94.